The summed E-state index contributed by atoms with van der Waals surface area (Å²) in [7, 11) is 0. The molecule has 1 saturated heterocycles. The van der Waals surface area contributed by atoms with E-state index in [1.165, 1.54) is 5.56 Å². The monoisotopic (exact) mass is 353 g/mol. The van der Waals surface area contributed by atoms with Crippen LogP contribution < -0.4 is 4.90 Å². The first-order valence-electron chi connectivity index (χ1n) is 8.77. The van der Waals surface area contributed by atoms with Crippen molar-refractivity contribution in [3.63, 3.8) is 0 Å². The number of hydrogen-bond acceptors (Lipinski definition) is 4. The molecular weight excluding hydrogens is 330 g/mol. The molecule has 0 saturated carbocycles. The van der Waals surface area contributed by atoms with E-state index in [0.717, 1.165) is 24.3 Å². The van der Waals surface area contributed by atoms with Crippen LogP contribution in [0.3, 0.4) is 0 Å². The molecule has 6 nitrogen and oxygen atoms in total. The Morgan fingerprint density at radius 1 is 1.04 bits per heavy atom. The maximum absolute atomic E-state index is 12.5. The smallest absolute Gasteiger partial charge is 0.272 e. The van der Waals surface area contributed by atoms with Gasteiger partial charge in [-0.05, 0) is 31.5 Å². The highest BCUT2D eigenvalue weighted by Crippen LogP contribution is 2.25. The molecule has 2 aromatic rings. The van der Waals surface area contributed by atoms with Crippen molar-refractivity contribution in [1.29, 1.82) is 0 Å². The normalized spacial score (nSPS) is 14.4. The summed E-state index contributed by atoms with van der Waals surface area (Å²) in [6, 6.07) is 13.2. The van der Waals surface area contributed by atoms with Gasteiger partial charge in [0.2, 0.25) is 5.91 Å². The molecule has 0 aromatic heterocycles. The molecule has 1 fully saturated rings. The molecule has 6 heteroatoms. The topological polar surface area (TPSA) is 66.7 Å². The van der Waals surface area contributed by atoms with Gasteiger partial charge in [0.05, 0.1) is 11.3 Å². The van der Waals surface area contributed by atoms with Crippen LogP contribution in [0, 0.1) is 24.0 Å². The second-order valence-electron chi connectivity index (χ2n) is 6.76. The van der Waals surface area contributed by atoms with E-state index in [4.69, 9.17) is 0 Å². The van der Waals surface area contributed by atoms with E-state index in [0.29, 0.717) is 25.1 Å². The van der Waals surface area contributed by atoms with Crippen LogP contribution in [-0.4, -0.2) is 41.9 Å². The molecule has 26 heavy (non-hydrogen) atoms. The van der Waals surface area contributed by atoms with Crippen molar-refractivity contribution in [2.75, 3.05) is 31.1 Å². The number of carbonyl (C=O) groups is 1. The van der Waals surface area contributed by atoms with Gasteiger partial charge >= 0.3 is 0 Å². The van der Waals surface area contributed by atoms with Crippen molar-refractivity contribution in [3.8, 4) is 0 Å². The molecule has 1 amide bonds. The number of nitrogens with zero attached hydrogens (tertiary/aromatic N) is 3. The highest BCUT2D eigenvalue weighted by molar-refractivity contribution is 5.79. The maximum atomic E-state index is 12.5. The van der Waals surface area contributed by atoms with E-state index < -0.39 is 0 Å². The molecule has 2 aromatic carbocycles. The van der Waals surface area contributed by atoms with Gasteiger partial charge in [-0.15, -0.1) is 0 Å². The first-order chi connectivity index (χ1) is 12.4. The molecule has 0 radical (unpaired) electrons. The van der Waals surface area contributed by atoms with Crippen molar-refractivity contribution in [1.82, 2.24) is 4.90 Å². The van der Waals surface area contributed by atoms with Crippen LogP contribution in [-0.2, 0) is 11.2 Å². The van der Waals surface area contributed by atoms with E-state index in [-0.39, 0.29) is 16.5 Å². The lowest BCUT2D eigenvalue weighted by Gasteiger charge is -2.36. The Morgan fingerprint density at radius 2 is 1.69 bits per heavy atom. The molecule has 3 rings (SSSR count). The van der Waals surface area contributed by atoms with Crippen LogP contribution in [0.15, 0.2) is 42.5 Å². The average Bonchev–Trinajstić information content (AvgIpc) is 2.63. The molecule has 0 bridgehead atoms. The summed E-state index contributed by atoms with van der Waals surface area (Å²) < 4.78 is 0. The van der Waals surface area contributed by atoms with E-state index >= 15 is 0 Å². The number of aryl methyl sites for hydroxylation is 2. The molecule has 0 aliphatic carbocycles. The minimum Gasteiger partial charge on any atom is -0.368 e. The van der Waals surface area contributed by atoms with Crippen molar-refractivity contribution in [3.05, 3.63) is 69.3 Å². The van der Waals surface area contributed by atoms with Gasteiger partial charge < -0.3 is 9.80 Å². The van der Waals surface area contributed by atoms with E-state index in [1.807, 2.05) is 42.2 Å². The summed E-state index contributed by atoms with van der Waals surface area (Å²) in [4.78, 5) is 27.2. The van der Waals surface area contributed by atoms with Crippen LogP contribution in [0.2, 0.25) is 0 Å². The fraction of sp³-hybridized carbons (Fsp3) is 0.350. The Labute approximate surface area is 153 Å². The predicted molar refractivity (Wildman–Crippen MR) is 102 cm³/mol. The van der Waals surface area contributed by atoms with Gasteiger partial charge in [-0.2, -0.15) is 0 Å². The van der Waals surface area contributed by atoms with Gasteiger partial charge in [0.1, 0.15) is 0 Å². The number of anilines is 1. The zero-order chi connectivity index (χ0) is 18.7. The van der Waals surface area contributed by atoms with E-state index in [1.54, 1.807) is 19.1 Å². The summed E-state index contributed by atoms with van der Waals surface area (Å²) in [5.41, 5.74) is 3.99. The molecule has 136 valence electrons. The number of amides is 1. The van der Waals surface area contributed by atoms with Crippen LogP contribution in [0.1, 0.15) is 16.7 Å². The first kappa shape index (κ1) is 17.9. The number of nitro benzene ring substituents is 1. The Balaban J connectivity index is 1.58. The molecule has 1 heterocycles. The quantitative estimate of drug-likeness (QED) is 0.626. The van der Waals surface area contributed by atoms with Gasteiger partial charge in [0.25, 0.3) is 5.69 Å². The summed E-state index contributed by atoms with van der Waals surface area (Å²) in [5, 5.41) is 10.9. The zero-order valence-corrected chi connectivity index (χ0v) is 15.1. The Kier molecular flexibility index (Phi) is 5.21. The minimum absolute atomic E-state index is 0.140. The fourth-order valence-corrected chi connectivity index (χ4v) is 3.25. The molecule has 0 N–H and O–H groups in total. The van der Waals surface area contributed by atoms with Crippen LogP contribution in [0.5, 0.6) is 0 Å². The van der Waals surface area contributed by atoms with Crippen LogP contribution in [0.25, 0.3) is 0 Å². The molecule has 0 unspecified atom stereocenters. The number of carbonyl (C=O) groups excluding carboxylic acids is 1. The highest BCUT2D eigenvalue weighted by Gasteiger charge is 2.22. The third-order valence-electron chi connectivity index (χ3n) is 4.85. The molecule has 0 atom stereocenters. The van der Waals surface area contributed by atoms with Crippen molar-refractivity contribution in [2.45, 2.75) is 20.3 Å². The lowest BCUT2D eigenvalue weighted by molar-refractivity contribution is -0.385. The fourth-order valence-electron chi connectivity index (χ4n) is 3.25. The predicted octanol–water partition coefficient (Wildman–Crippen LogP) is 3.10. The highest BCUT2D eigenvalue weighted by atomic mass is 16.6. The third-order valence-corrected chi connectivity index (χ3v) is 4.85. The summed E-state index contributed by atoms with van der Waals surface area (Å²) >= 11 is 0. The number of piperazine rings is 1. The Bertz CT molecular complexity index is 810. The summed E-state index contributed by atoms with van der Waals surface area (Å²) in [5.74, 6) is 0.147. The second kappa shape index (κ2) is 7.56. The van der Waals surface area contributed by atoms with Crippen molar-refractivity contribution >= 4 is 17.3 Å². The van der Waals surface area contributed by atoms with Gasteiger partial charge in [0, 0.05) is 43.5 Å². The summed E-state index contributed by atoms with van der Waals surface area (Å²) in [6.45, 7) is 6.59. The van der Waals surface area contributed by atoms with Gasteiger partial charge in [-0.3, -0.25) is 14.9 Å². The molecule has 0 spiro atoms. The SMILES string of the molecule is Cc1ccc(CC(=O)N2CCN(c3ccc([N+](=O)[O-])c(C)c3)CC2)cc1. The first-order valence-corrected chi connectivity index (χ1v) is 8.77. The minimum atomic E-state index is -0.360. The molecular formula is C20H23N3O3. The van der Waals surface area contributed by atoms with Crippen molar-refractivity contribution in [2.24, 2.45) is 0 Å². The van der Waals surface area contributed by atoms with Crippen LogP contribution >= 0.6 is 0 Å². The standard InChI is InChI=1S/C20H23N3O3/c1-15-3-5-17(6-4-15)14-20(24)22-11-9-21(10-12-22)18-7-8-19(23(25)26)16(2)13-18/h3-8,13H,9-12,14H2,1-2H3. The Hall–Kier alpha value is -2.89. The number of rotatable bonds is 4. The lowest BCUT2D eigenvalue weighted by Crippen LogP contribution is -2.49. The number of benzene rings is 2. The average molecular weight is 353 g/mol. The number of nitro groups is 1. The molecule has 1 aliphatic rings. The third kappa shape index (κ3) is 4.02. The zero-order valence-electron chi connectivity index (χ0n) is 15.1. The largest absolute Gasteiger partial charge is 0.368 e. The number of hydrogen-bond donors (Lipinski definition) is 0. The van der Waals surface area contributed by atoms with Gasteiger partial charge in [0.15, 0.2) is 0 Å². The van der Waals surface area contributed by atoms with Crippen molar-refractivity contribution < 1.29 is 9.72 Å². The van der Waals surface area contributed by atoms with E-state index in [2.05, 4.69) is 4.90 Å². The maximum Gasteiger partial charge on any atom is 0.272 e. The summed E-state index contributed by atoms with van der Waals surface area (Å²) in [6.07, 6.45) is 0.427. The van der Waals surface area contributed by atoms with Gasteiger partial charge in [-0.1, -0.05) is 29.8 Å². The molecule has 1 aliphatic heterocycles. The lowest BCUT2D eigenvalue weighted by atomic mass is 10.1. The van der Waals surface area contributed by atoms with Crippen LogP contribution in [0.4, 0.5) is 11.4 Å². The van der Waals surface area contributed by atoms with E-state index in [9.17, 15) is 14.9 Å². The second-order valence-corrected chi connectivity index (χ2v) is 6.76. The van der Waals surface area contributed by atoms with Gasteiger partial charge in [-0.25, -0.2) is 0 Å². The Morgan fingerprint density at radius 3 is 2.27 bits per heavy atom.